The van der Waals surface area contributed by atoms with Crippen molar-refractivity contribution in [3.8, 4) is 11.5 Å². The van der Waals surface area contributed by atoms with Gasteiger partial charge in [0.2, 0.25) is 0 Å². The summed E-state index contributed by atoms with van der Waals surface area (Å²) in [5, 5.41) is 2.74. The Morgan fingerprint density at radius 2 is 1.81 bits per heavy atom. The van der Waals surface area contributed by atoms with E-state index in [-0.39, 0.29) is 12.5 Å². The Hall–Kier alpha value is -2.67. The van der Waals surface area contributed by atoms with Crippen LogP contribution in [0.5, 0.6) is 11.5 Å². The van der Waals surface area contributed by atoms with Gasteiger partial charge in [0.15, 0.2) is 18.1 Å². The molecule has 2 aromatic rings. The van der Waals surface area contributed by atoms with Gasteiger partial charge in [-0.3, -0.25) is 4.79 Å². The smallest absolute Gasteiger partial charge is 0.338 e. The molecule has 1 aliphatic heterocycles. The summed E-state index contributed by atoms with van der Waals surface area (Å²) in [5.74, 6) is 0.971. The summed E-state index contributed by atoms with van der Waals surface area (Å²) in [5.41, 5.74) is 0.326. The van der Waals surface area contributed by atoms with Crippen LogP contribution in [-0.4, -0.2) is 44.0 Å². The number of nitrogens with one attached hydrogen (secondary N) is 1. The van der Waals surface area contributed by atoms with E-state index < -0.39 is 5.97 Å². The summed E-state index contributed by atoms with van der Waals surface area (Å²) < 4.78 is 16.2. The van der Waals surface area contributed by atoms with Crippen molar-refractivity contribution in [2.24, 2.45) is 0 Å². The first kappa shape index (κ1) is 19.1. The van der Waals surface area contributed by atoms with Crippen LogP contribution in [0.25, 0.3) is 0 Å². The first-order valence-corrected chi connectivity index (χ1v) is 9.72. The average Bonchev–Trinajstić information content (AvgIpc) is 2.95. The molecule has 1 heterocycles. The third-order valence-corrected chi connectivity index (χ3v) is 4.77. The third-order valence-electron chi connectivity index (χ3n) is 3.75. The monoisotopic (exact) mass is 387 g/mol. The molecular weight excluding hydrogens is 366 g/mol. The minimum Gasteiger partial charge on any atom is -0.490 e. The lowest BCUT2D eigenvalue weighted by molar-refractivity contribution is -0.124. The molecule has 0 unspecified atom stereocenters. The highest BCUT2D eigenvalue weighted by Gasteiger charge is 2.16. The number of ether oxygens (including phenoxy) is 3. The maximum absolute atomic E-state index is 12.1. The number of thioether (sulfide) groups is 1. The van der Waals surface area contributed by atoms with Crippen LogP contribution in [-0.2, 0) is 9.53 Å². The van der Waals surface area contributed by atoms with Crippen LogP contribution in [0.1, 0.15) is 16.8 Å². The van der Waals surface area contributed by atoms with E-state index in [0.717, 1.165) is 17.1 Å². The van der Waals surface area contributed by atoms with Crippen molar-refractivity contribution in [2.75, 3.05) is 32.1 Å². The van der Waals surface area contributed by atoms with Crippen LogP contribution in [0.15, 0.2) is 53.4 Å². The zero-order valence-corrected chi connectivity index (χ0v) is 15.6. The molecule has 0 spiro atoms. The molecule has 0 aromatic heterocycles. The standard InChI is InChI=1S/C20H21NO5S/c22-19(21-9-12-27-16-5-2-1-3-6-16)14-26-20(23)15-7-8-17-18(13-15)25-11-4-10-24-17/h1-3,5-8,13H,4,9-12,14H2,(H,21,22). The van der Waals surface area contributed by atoms with Gasteiger partial charge in [-0.25, -0.2) is 4.79 Å². The van der Waals surface area contributed by atoms with Crippen LogP contribution in [0.3, 0.4) is 0 Å². The topological polar surface area (TPSA) is 73.9 Å². The fourth-order valence-electron chi connectivity index (χ4n) is 2.43. The number of fused-ring (bicyclic) bond motifs is 1. The summed E-state index contributed by atoms with van der Waals surface area (Å²) in [4.78, 5) is 25.1. The summed E-state index contributed by atoms with van der Waals surface area (Å²) in [6.07, 6.45) is 0.789. The molecule has 1 N–H and O–H groups in total. The summed E-state index contributed by atoms with van der Waals surface area (Å²) in [7, 11) is 0. The number of esters is 1. The first-order chi connectivity index (χ1) is 13.2. The molecule has 0 aliphatic carbocycles. The molecular formula is C20H21NO5S. The van der Waals surface area contributed by atoms with Gasteiger partial charge in [0.1, 0.15) is 0 Å². The lowest BCUT2D eigenvalue weighted by Gasteiger charge is -2.09. The normalized spacial score (nSPS) is 12.7. The molecule has 0 saturated carbocycles. The van der Waals surface area contributed by atoms with Crippen molar-refractivity contribution in [3.63, 3.8) is 0 Å². The number of carbonyl (C=O) groups is 2. The molecule has 0 atom stereocenters. The van der Waals surface area contributed by atoms with Gasteiger partial charge in [-0.1, -0.05) is 18.2 Å². The average molecular weight is 387 g/mol. The van der Waals surface area contributed by atoms with Gasteiger partial charge in [0.25, 0.3) is 5.91 Å². The van der Waals surface area contributed by atoms with E-state index in [0.29, 0.717) is 36.8 Å². The van der Waals surface area contributed by atoms with Gasteiger partial charge in [-0.2, -0.15) is 0 Å². The Morgan fingerprint density at radius 3 is 2.63 bits per heavy atom. The Balaban J connectivity index is 1.39. The van der Waals surface area contributed by atoms with Crippen LogP contribution in [0, 0.1) is 0 Å². The van der Waals surface area contributed by atoms with E-state index in [1.54, 1.807) is 30.0 Å². The zero-order valence-electron chi connectivity index (χ0n) is 14.8. The number of benzene rings is 2. The molecule has 0 saturated heterocycles. The van der Waals surface area contributed by atoms with Crippen LogP contribution < -0.4 is 14.8 Å². The molecule has 3 rings (SSSR count). The molecule has 142 valence electrons. The van der Waals surface area contributed by atoms with E-state index in [4.69, 9.17) is 14.2 Å². The van der Waals surface area contributed by atoms with Crippen molar-refractivity contribution >= 4 is 23.6 Å². The zero-order chi connectivity index (χ0) is 18.9. The summed E-state index contributed by atoms with van der Waals surface area (Å²) >= 11 is 1.65. The predicted octanol–water partition coefficient (Wildman–Crippen LogP) is 2.91. The van der Waals surface area contributed by atoms with Crippen LogP contribution >= 0.6 is 11.8 Å². The van der Waals surface area contributed by atoms with Crippen molar-refractivity contribution in [3.05, 3.63) is 54.1 Å². The summed E-state index contributed by atoms with van der Waals surface area (Å²) in [6.45, 7) is 1.30. The van der Waals surface area contributed by atoms with Crippen LogP contribution in [0.4, 0.5) is 0 Å². The number of carbonyl (C=O) groups excluding carboxylic acids is 2. The molecule has 1 amide bonds. The largest absolute Gasteiger partial charge is 0.490 e. The quantitative estimate of drug-likeness (QED) is 0.447. The highest BCUT2D eigenvalue weighted by molar-refractivity contribution is 7.99. The Labute approximate surface area is 162 Å². The molecule has 7 heteroatoms. The second-order valence-electron chi connectivity index (χ2n) is 5.80. The van der Waals surface area contributed by atoms with Crippen molar-refractivity contribution in [2.45, 2.75) is 11.3 Å². The molecule has 2 aromatic carbocycles. The molecule has 6 nitrogen and oxygen atoms in total. The molecule has 0 fully saturated rings. The van der Waals surface area contributed by atoms with E-state index >= 15 is 0 Å². The lowest BCUT2D eigenvalue weighted by atomic mass is 10.2. The molecule has 27 heavy (non-hydrogen) atoms. The second kappa shape index (κ2) is 9.87. The van der Waals surface area contributed by atoms with Gasteiger partial charge < -0.3 is 19.5 Å². The first-order valence-electron chi connectivity index (χ1n) is 8.74. The minimum atomic E-state index is -0.570. The highest BCUT2D eigenvalue weighted by Crippen LogP contribution is 2.30. The number of amides is 1. The van der Waals surface area contributed by atoms with E-state index in [1.807, 2.05) is 30.3 Å². The van der Waals surface area contributed by atoms with E-state index in [1.165, 1.54) is 0 Å². The van der Waals surface area contributed by atoms with Gasteiger partial charge in [0.05, 0.1) is 18.8 Å². The maximum atomic E-state index is 12.1. The van der Waals surface area contributed by atoms with Crippen molar-refractivity contribution in [1.82, 2.24) is 5.32 Å². The van der Waals surface area contributed by atoms with E-state index in [9.17, 15) is 9.59 Å². The molecule has 1 aliphatic rings. The highest BCUT2D eigenvalue weighted by atomic mass is 32.2. The fraction of sp³-hybridized carbons (Fsp3) is 0.300. The molecule has 0 radical (unpaired) electrons. The van der Waals surface area contributed by atoms with Gasteiger partial charge in [-0.05, 0) is 30.3 Å². The molecule has 0 bridgehead atoms. The number of hydrogen-bond donors (Lipinski definition) is 1. The Morgan fingerprint density at radius 1 is 1.04 bits per heavy atom. The lowest BCUT2D eigenvalue weighted by Crippen LogP contribution is -2.30. The SMILES string of the molecule is O=C(COC(=O)c1ccc2c(c1)OCCCO2)NCCSc1ccccc1. The van der Waals surface area contributed by atoms with Crippen molar-refractivity contribution < 1.29 is 23.8 Å². The van der Waals surface area contributed by atoms with E-state index in [2.05, 4.69) is 5.32 Å². The Kier molecular flexibility index (Phi) is 6.98. The Bertz CT molecular complexity index is 781. The predicted molar refractivity (Wildman–Crippen MR) is 103 cm³/mol. The van der Waals surface area contributed by atoms with Crippen LogP contribution in [0.2, 0.25) is 0 Å². The number of hydrogen-bond acceptors (Lipinski definition) is 6. The fourth-order valence-corrected chi connectivity index (χ4v) is 3.22. The van der Waals surface area contributed by atoms with Gasteiger partial charge in [-0.15, -0.1) is 11.8 Å². The number of rotatable bonds is 7. The maximum Gasteiger partial charge on any atom is 0.338 e. The van der Waals surface area contributed by atoms with Gasteiger partial charge in [0, 0.05) is 23.6 Å². The van der Waals surface area contributed by atoms with Gasteiger partial charge >= 0.3 is 5.97 Å². The minimum absolute atomic E-state index is 0.316. The summed E-state index contributed by atoms with van der Waals surface area (Å²) in [6, 6.07) is 14.8. The second-order valence-corrected chi connectivity index (χ2v) is 6.97. The van der Waals surface area contributed by atoms with Crippen molar-refractivity contribution in [1.29, 1.82) is 0 Å². The third kappa shape index (κ3) is 5.92.